The van der Waals surface area contributed by atoms with Crippen LogP contribution in [0.3, 0.4) is 0 Å². The highest BCUT2D eigenvalue weighted by Crippen LogP contribution is 2.34. The molecule has 0 amide bonds. The minimum Gasteiger partial charge on any atom is -0.289 e. The van der Waals surface area contributed by atoms with E-state index in [4.69, 9.17) is 0 Å². The van der Waals surface area contributed by atoms with Crippen LogP contribution in [0.1, 0.15) is 27.0 Å². The molecule has 0 aliphatic heterocycles. The normalized spacial score (nSPS) is 14.2. The molecule has 0 spiro atoms. The van der Waals surface area contributed by atoms with Gasteiger partial charge in [-0.15, -0.1) is 0 Å². The molecule has 0 saturated carbocycles. The topological polar surface area (TPSA) is 17.1 Å². The van der Waals surface area contributed by atoms with Gasteiger partial charge in [0.05, 0.1) is 5.56 Å². The second kappa shape index (κ2) is 4.34. The van der Waals surface area contributed by atoms with Gasteiger partial charge in [-0.2, -0.15) is 13.2 Å². The molecule has 1 aliphatic rings. The number of carbonyl (C=O) groups excluding carboxylic acids is 1. The van der Waals surface area contributed by atoms with Crippen molar-refractivity contribution in [1.82, 2.24) is 0 Å². The predicted octanol–water partition coefficient (Wildman–Crippen LogP) is 4.44. The summed E-state index contributed by atoms with van der Waals surface area (Å²) < 4.78 is 37.5. The van der Waals surface area contributed by atoms with E-state index in [1.165, 1.54) is 12.1 Å². The van der Waals surface area contributed by atoms with E-state index in [0.717, 1.165) is 17.7 Å². The molecule has 4 heteroatoms. The fraction of sp³-hybridized carbons (Fsp3) is 0.0625. The lowest BCUT2D eigenvalue weighted by molar-refractivity contribution is -0.137. The van der Waals surface area contributed by atoms with Gasteiger partial charge in [0.15, 0.2) is 5.78 Å². The smallest absolute Gasteiger partial charge is 0.289 e. The lowest BCUT2D eigenvalue weighted by Gasteiger charge is -2.07. The van der Waals surface area contributed by atoms with Gasteiger partial charge in [-0.05, 0) is 29.3 Å². The van der Waals surface area contributed by atoms with Crippen molar-refractivity contribution in [2.75, 3.05) is 0 Å². The Bertz CT molecular complexity index is 709. The van der Waals surface area contributed by atoms with E-state index in [-0.39, 0.29) is 5.78 Å². The number of halogens is 3. The van der Waals surface area contributed by atoms with Crippen LogP contribution in [0.2, 0.25) is 0 Å². The number of rotatable bonds is 1. The molecule has 0 aromatic heterocycles. The van der Waals surface area contributed by atoms with Gasteiger partial charge >= 0.3 is 6.18 Å². The van der Waals surface area contributed by atoms with Crippen molar-refractivity contribution in [2.45, 2.75) is 6.18 Å². The Morgan fingerprint density at radius 3 is 2.10 bits per heavy atom. The molecule has 2 aromatic rings. The van der Waals surface area contributed by atoms with Crippen molar-refractivity contribution in [2.24, 2.45) is 0 Å². The summed E-state index contributed by atoms with van der Waals surface area (Å²) in [5.74, 6) is -0.152. The van der Waals surface area contributed by atoms with E-state index >= 15 is 0 Å². The van der Waals surface area contributed by atoms with Gasteiger partial charge in [-0.25, -0.2) is 0 Å². The average Bonchev–Trinajstić information content (AvgIpc) is 2.76. The number of benzene rings is 2. The van der Waals surface area contributed by atoms with Crippen LogP contribution in [0, 0.1) is 0 Å². The fourth-order valence-corrected chi connectivity index (χ4v) is 2.25. The highest BCUT2D eigenvalue weighted by Gasteiger charge is 2.30. The summed E-state index contributed by atoms with van der Waals surface area (Å²) in [6, 6.07) is 11.8. The molecule has 0 atom stereocenters. The van der Waals surface area contributed by atoms with Crippen LogP contribution in [-0.2, 0) is 6.18 Å². The lowest BCUT2D eigenvalue weighted by Crippen LogP contribution is -2.05. The highest BCUT2D eigenvalue weighted by atomic mass is 19.4. The molecule has 0 unspecified atom stereocenters. The zero-order chi connectivity index (χ0) is 14.3. The first-order chi connectivity index (χ1) is 9.47. The van der Waals surface area contributed by atoms with Crippen LogP contribution >= 0.6 is 0 Å². The first-order valence-corrected chi connectivity index (χ1v) is 6.00. The fourth-order valence-electron chi connectivity index (χ4n) is 2.25. The van der Waals surface area contributed by atoms with Crippen LogP contribution in [-0.4, -0.2) is 5.78 Å². The van der Waals surface area contributed by atoms with E-state index < -0.39 is 11.7 Å². The summed E-state index contributed by atoms with van der Waals surface area (Å²) >= 11 is 0. The molecule has 100 valence electrons. The largest absolute Gasteiger partial charge is 0.416 e. The standard InChI is InChI=1S/C16H9F3O/c17-16(18,19)12-7-5-10(6-8-12)14-9-11-3-1-2-4-13(11)15(14)20/h1-9H. The van der Waals surface area contributed by atoms with Gasteiger partial charge in [-0.1, -0.05) is 36.4 Å². The molecule has 0 radical (unpaired) electrons. The summed E-state index contributed by atoms with van der Waals surface area (Å²) in [5, 5.41) is 0. The summed E-state index contributed by atoms with van der Waals surface area (Å²) in [6.07, 6.45) is -2.66. The van der Waals surface area contributed by atoms with Gasteiger partial charge in [0.1, 0.15) is 0 Å². The molecule has 1 aliphatic carbocycles. The molecular formula is C16H9F3O. The summed E-state index contributed by atoms with van der Waals surface area (Å²) in [5.41, 5.74) is 1.60. The second-order valence-electron chi connectivity index (χ2n) is 4.55. The average molecular weight is 274 g/mol. The number of Topliss-reactive ketones (excluding diaryl/α,β-unsaturated/α-hetero) is 1. The van der Waals surface area contributed by atoms with Crippen LogP contribution in [0.4, 0.5) is 13.2 Å². The molecule has 0 heterocycles. The summed E-state index contributed by atoms with van der Waals surface area (Å²) in [7, 11) is 0. The van der Waals surface area contributed by atoms with Crippen molar-refractivity contribution in [3.05, 3.63) is 70.8 Å². The molecular weight excluding hydrogens is 265 g/mol. The van der Waals surface area contributed by atoms with Crippen molar-refractivity contribution in [1.29, 1.82) is 0 Å². The minimum absolute atomic E-state index is 0.152. The van der Waals surface area contributed by atoms with Crippen LogP contribution in [0.5, 0.6) is 0 Å². The third-order valence-corrected chi connectivity index (χ3v) is 3.27. The van der Waals surface area contributed by atoms with Crippen LogP contribution in [0.25, 0.3) is 11.6 Å². The maximum absolute atomic E-state index is 12.5. The Morgan fingerprint density at radius 1 is 0.850 bits per heavy atom. The quantitative estimate of drug-likeness (QED) is 0.751. The minimum atomic E-state index is -4.37. The highest BCUT2D eigenvalue weighted by molar-refractivity contribution is 6.37. The molecule has 0 N–H and O–H groups in total. The number of alkyl halides is 3. The van der Waals surface area contributed by atoms with Gasteiger partial charge in [0.2, 0.25) is 0 Å². The number of allylic oxidation sites excluding steroid dienone is 1. The Balaban J connectivity index is 1.98. The monoisotopic (exact) mass is 274 g/mol. The van der Waals surface area contributed by atoms with Gasteiger partial charge < -0.3 is 0 Å². The third kappa shape index (κ3) is 2.03. The number of carbonyl (C=O) groups is 1. The third-order valence-electron chi connectivity index (χ3n) is 3.27. The first kappa shape index (κ1) is 12.7. The van der Waals surface area contributed by atoms with E-state index in [2.05, 4.69) is 0 Å². The molecule has 3 rings (SSSR count). The molecule has 0 fully saturated rings. The maximum atomic E-state index is 12.5. The Kier molecular flexibility index (Phi) is 2.74. The van der Waals surface area contributed by atoms with Crippen molar-refractivity contribution >= 4 is 17.4 Å². The number of ketones is 1. The van der Waals surface area contributed by atoms with Crippen LogP contribution < -0.4 is 0 Å². The number of hydrogen-bond acceptors (Lipinski definition) is 1. The van der Waals surface area contributed by atoms with Crippen molar-refractivity contribution < 1.29 is 18.0 Å². The van der Waals surface area contributed by atoms with Crippen LogP contribution in [0.15, 0.2) is 48.5 Å². The van der Waals surface area contributed by atoms with Crippen molar-refractivity contribution in [3.8, 4) is 0 Å². The molecule has 0 saturated heterocycles. The maximum Gasteiger partial charge on any atom is 0.416 e. The van der Waals surface area contributed by atoms with E-state index in [9.17, 15) is 18.0 Å². The molecule has 2 aromatic carbocycles. The second-order valence-corrected chi connectivity index (χ2v) is 4.55. The first-order valence-electron chi connectivity index (χ1n) is 6.00. The SMILES string of the molecule is O=C1C(c2ccc(C(F)(F)F)cc2)=Cc2ccccc21. The zero-order valence-electron chi connectivity index (χ0n) is 10.2. The molecule has 0 bridgehead atoms. The van der Waals surface area contributed by atoms with Gasteiger partial charge in [0, 0.05) is 11.1 Å². The predicted molar refractivity (Wildman–Crippen MR) is 70.1 cm³/mol. The van der Waals surface area contributed by atoms with E-state index in [1.54, 1.807) is 18.2 Å². The van der Waals surface area contributed by atoms with E-state index in [1.807, 2.05) is 12.1 Å². The van der Waals surface area contributed by atoms with Crippen molar-refractivity contribution in [3.63, 3.8) is 0 Å². The van der Waals surface area contributed by atoms with Gasteiger partial charge in [0.25, 0.3) is 0 Å². The molecule has 1 nitrogen and oxygen atoms in total. The van der Waals surface area contributed by atoms with Gasteiger partial charge in [-0.3, -0.25) is 4.79 Å². The number of fused-ring (bicyclic) bond motifs is 1. The zero-order valence-corrected chi connectivity index (χ0v) is 10.2. The van der Waals surface area contributed by atoms with E-state index in [0.29, 0.717) is 16.7 Å². The lowest BCUT2D eigenvalue weighted by atomic mass is 10.0. The Hall–Kier alpha value is -2.36. The molecule has 20 heavy (non-hydrogen) atoms. The number of hydrogen-bond donors (Lipinski definition) is 0. The Labute approximate surface area is 113 Å². The Morgan fingerprint density at radius 2 is 1.50 bits per heavy atom. The summed E-state index contributed by atoms with van der Waals surface area (Å²) in [4.78, 5) is 12.2. The summed E-state index contributed by atoms with van der Waals surface area (Å²) in [6.45, 7) is 0.